The number of rotatable bonds is 1. The van der Waals surface area contributed by atoms with E-state index in [1.54, 1.807) is 20.8 Å². The van der Waals surface area contributed by atoms with Gasteiger partial charge < -0.3 is 5.11 Å². The number of aryl methyl sites for hydroxylation is 1. The van der Waals surface area contributed by atoms with Crippen molar-refractivity contribution in [3.63, 3.8) is 0 Å². The van der Waals surface area contributed by atoms with Gasteiger partial charge in [-0.05, 0) is 26.8 Å². The van der Waals surface area contributed by atoms with Gasteiger partial charge in [-0.2, -0.15) is 0 Å². The fraction of sp³-hybridized carbons (Fsp3) is 0.444. The van der Waals surface area contributed by atoms with Crippen LogP contribution in [0.25, 0.3) is 0 Å². The van der Waals surface area contributed by atoms with Crippen LogP contribution in [0.2, 0.25) is 0 Å². The summed E-state index contributed by atoms with van der Waals surface area (Å²) in [5, 5.41) is 9.53. The van der Waals surface area contributed by atoms with E-state index in [1.807, 2.05) is 0 Å². The zero-order valence-electron chi connectivity index (χ0n) is 7.43. The number of hydrogen-bond donors (Lipinski definition) is 1. The molecule has 0 radical (unpaired) electrons. The van der Waals surface area contributed by atoms with Crippen molar-refractivity contribution in [3.8, 4) is 0 Å². The molecular weight excluding hydrogens is 157 g/mol. The number of aliphatic hydroxyl groups is 1. The molecule has 0 fully saturated rings. The second-order valence-electron chi connectivity index (χ2n) is 3.32. The van der Waals surface area contributed by atoms with Crippen LogP contribution in [0.3, 0.4) is 0 Å². The van der Waals surface area contributed by atoms with Crippen LogP contribution < -0.4 is 0 Å². The van der Waals surface area contributed by atoms with Crippen LogP contribution in [0.15, 0.2) is 12.3 Å². The molecule has 1 aromatic rings. The summed E-state index contributed by atoms with van der Waals surface area (Å²) in [6.07, 6.45) is 1.49. The van der Waals surface area contributed by atoms with Gasteiger partial charge >= 0.3 is 0 Å². The predicted molar refractivity (Wildman–Crippen MR) is 44.2 cm³/mol. The van der Waals surface area contributed by atoms with Gasteiger partial charge in [-0.15, -0.1) is 0 Å². The van der Waals surface area contributed by atoms with E-state index in [4.69, 9.17) is 0 Å². The Bertz CT molecular complexity index is 291. The molecule has 0 aromatic carbocycles. The molecule has 0 atom stereocenters. The van der Waals surface area contributed by atoms with Crippen LogP contribution in [0, 0.1) is 12.7 Å². The van der Waals surface area contributed by atoms with Gasteiger partial charge in [0, 0.05) is 11.8 Å². The SMILES string of the molecule is Cc1nccc(C(C)(C)O)c1F. The van der Waals surface area contributed by atoms with Gasteiger partial charge in [-0.3, -0.25) is 4.98 Å². The summed E-state index contributed by atoms with van der Waals surface area (Å²) in [5.41, 5.74) is -0.540. The van der Waals surface area contributed by atoms with Gasteiger partial charge in [0.2, 0.25) is 0 Å². The molecule has 1 rings (SSSR count). The lowest BCUT2D eigenvalue weighted by molar-refractivity contribution is 0.0742. The Balaban J connectivity index is 3.26. The van der Waals surface area contributed by atoms with E-state index < -0.39 is 11.4 Å². The largest absolute Gasteiger partial charge is 0.386 e. The van der Waals surface area contributed by atoms with Crippen molar-refractivity contribution in [1.29, 1.82) is 0 Å². The molecule has 1 N–H and O–H groups in total. The molecule has 0 aliphatic rings. The highest BCUT2D eigenvalue weighted by atomic mass is 19.1. The zero-order valence-corrected chi connectivity index (χ0v) is 7.43. The Labute approximate surface area is 71.1 Å². The van der Waals surface area contributed by atoms with Gasteiger partial charge in [0.15, 0.2) is 0 Å². The monoisotopic (exact) mass is 169 g/mol. The van der Waals surface area contributed by atoms with Gasteiger partial charge in [-0.1, -0.05) is 0 Å². The van der Waals surface area contributed by atoms with Crippen molar-refractivity contribution in [2.45, 2.75) is 26.4 Å². The molecule has 0 aliphatic carbocycles. The average molecular weight is 169 g/mol. The van der Waals surface area contributed by atoms with Crippen LogP contribution in [-0.2, 0) is 5.60 Å². The van der Waals surface area contributed by atoms with Crippen LogP contribution in [0.5, 0.6) is 0 Å². The molecule has 0 bridgehead atoms. The third-order valence-corrected chi connectivity index (χ3v) is 1.72. The Morgan fingerprint density at radius 3 is 2.50 bits per heavy atom. The minimum Gasteiger partial charge on any atom is -0.386 e. The summed E-state index contributed by atoms with van der Waals surface area (Å²) in [6, 6.07) is 1.49. The first kappa shape index (κ1) is 9.13. The summed E-state index contributed by atoms with van der Waals surface area (Å²) >= 11 is 0. The fourth-order valence-corrected chi connectivity index (χ4v) is 1.02. The van der Waals surface area contributed by atoms with Crippen molar-refractivity contribution < 1.29 is 9.50 Å². The average Bonchev–Trinajstić information content (AvgIpc) is 1.92. The van der Waals surface area contributed by atoms with E-state index >= 15 is 0 Å². The maximum atomic E-state index is 13.3. The number of pyridine rings is 1. The number of hydrogen-bond acceptors (Lipinski definition) is 2. The minimum atomic E-state index is -1.14. The molecule has 0 saturated carbocycles. The topological polar surface area (TPSA) is 33.1 Å². The van der Waals surface area contributed by atoms with Crippen molar-refractivity contribution in [1.82, 2.24) is 4.98 Å². The van der Waals surface area contributed by atoms with Crippen LogP contribution in [-0.4, -0.2) is 10.1 Å². The Morgan fingerprint density at radius 2 is 2.08 bits per heavy atom. The molecule has 0 aliphatic heterocycles. The quantitative estimate of drug-likeness (QED) is 0.694. The van der Waals surface area contributed by atoms with Crippen molar-refractivity contribution in [3.05, 3.63) is 29.3 Å². The molecule has 1 heterocycles. The van der Waals surface area contributed by atoms with Crippen molar-refractivity contribution in [2.75, 3.05) is 0 Å². The van der Waals surface area contributed by atoms with Crippen LogP contribution in [0.1, 0.15) is 25.1 Å². The standard InChI is InChI=1S/C9H12FNO/c1-6-8(10)7(4-5-11-6)9(2,3)12/h4-5,12H,1-3H3. The third-order valence-electron chi connectivity index (χ3n) is 1.72. The molecule has 3 heteroatoms. The van der Waals surface area contributed by atoms with Crippen molar-refractivity contribution >= 4 is 0 Å². The number of nitrogens with zero attached hydrogens (tertiary/aromatic N) is 1. The van der Waals surface area contributed by atoms with E-state index in [9.17, 15) is 9.50 Å². The molecule has 12 heavy (non-hydrogen) atoms. The molecule has 66 valence electrons. The molecule has 0 amide bonds. The summed E-state index contributed by atoms with van der Waals surface area (Å²) in [7, 11) is 0. The second-order valence-corrected chi connectivity index (χ2v) is 3.32. The zero-order chi connectivity index (χ0) is 9.35. The van der Waals surface area contributed by atoms with Gasteiger partial charge in [-0.25, -0.2) is 4.39 Å². The summed E-state index contributed by atoms with van der Waals surface area (Å²) < 4.78 is 13.3. The number of halogens is 1. The van der Waals surface area contributed by atoms with Gasteiger partial charge in [0.25, 0.3) is 0 Å². The Kier molecular flexibility index (Phi) is 2.15. The first-order chi connectivity index (χ1) is 5.43. The Morgan fingerprint density at radius 1 is 1.50 bits per heavy atom. The molecule has 0 unspecified atom stereocenters. The Hall–Kier alpha value is -0.960. The summed E-state index contributed by atoms with van der Waals surface area (Å²) in [6.45, 7) is 4.67. The van der Waals surface area contributed by atoms with Crippen LogP contribution >= 0.6 is 0 Å². The summed E-state index contributed by atoms with van der Waals surface area (Å²) in [5.74, 6) is -0.426. The van der Waals surface area contributed by atoms with Gasteiger partial charge in [0.1, 0.15) is 5.82 Å². The van der Waals surface area contributed by atoms with Crippen molar-refractivity contribution in [2.24, 2.45) is 0 Å². The molecular formula is C9H12FNO. The molecule has 0 saturated heterocycles. The maximum absolute atomic E-state index is 13.3. The highest BCUT2D eigenvalue weighted by Crippen LogP contribution is 2.22. The summed E-state index contributed by atoms with van der Waals surface area (Å²) in [4.78, 5) is 3.77. The third kappa shape index (κ3) is 1.61. The highest BCUT2D eigenvalue weighted by molar-refractivity contribution is 5.23. The van der Waals surface area contributed by atoms with E-state index in [0.717, 1.165) is 0 Å². The smallest absolute Gasteiger partial charge is 0.150 e. The maximum Gasteiger partial charge on any atom is 0.150 e. The first-order valence-electron chi connectivity index (χ1n) is 3.77. The molecule has 0 spiro atoms. The number of aromatic nitrogens is 1. The lowest BCUT2D eigenvalue weighted by Gasteiger charge is -2.18. The van der Waals surface area contributed by atoms with E-state index in [0.29, 0.717) is 5.69 Å². The van der Waals surface area contributed by atoms with Crippen LogP contribution in [0.4, 0.5) is 4.39 Å². The first-order valence-corrected chi connectivity index (χ1v) is 3.77. The lowest BCUT2D eigenvalue weighted by Crippen LogP contribution is -2.18. The van der Waals surface area contributed by atoms with E-state index in [-0.39, 0.29) is 5.56 Å². The lowest BCUT2D eigenvalue weighted by atomic mass is 9.98. The normalized spacial score (nSPS) is 11.8. The van der Waals surface area contributed by atoms with E-state index in [1.165, 1.54) is 12.3 Å². The van der Waals surface area contributed by atoms with E-state index in [2.05, 4.69) is 4.98 Å². The highest BCUT2D eigenvalue weighted by Gasteiger charge is 2.21. The second kappa shape index (κ2) is 2.83. The minimum absolute atomic E-state index is 0.287. The molecule has 1 aromatic heterocycles. The fourth-order valence-electron chi connectivity index (χ4n) is 1.02. The molecule has 2 nitrogen and oxygen atoms in total. The predicted octanol–water partition coefficient (Wildman–Crippen LogP) is 1.76. The van der Waals surface area contributed by atoms with Gasteiger partial charge in [0.05, 0.1) is 11.3 Å².